The van der Waals surface area contributed by atoms with Crippen LogP contribution < -0.4 is 5.32 Å². The monoisotopic (exact) mass is 505 g/mol. The van der Waals surface area contributed by atoms with Crippen molar-refractivity contribution < 1.29 is 24.0 Å². The van der Waals surface area contributed by atoms with Gasteiger partial charge < -0.3 is 14.8 Å². The lowest BCUT2D eigenvalue weighted by Gasteiger charge is -2.34. The van der Waals surface area contributed by atoms with E-state index < -0.39 is 22.8 Å². The van der Waals surface area contributed by atoms with E-state index in [0.29, 0.717) is 29.1 Å². The molecule has 194 valence electrons. The second kappa shape index (κ2) is 11.4. The van der Waals surface area contributed by atoms with Gasteiger partial charge in [-0.1, -0.05) is 42.5 Å². The van der Waals surface area contributed by atoms with Crippen molar-refractivity contribution in [1.82, 2.24) is 10.2 Å². The van der Waals surface area contributed by atoms with Crippen molar-refractivity contribution in [3.8, 4) is 0 Å². The number of piperidine rings is 1. The first-order chi connectivity index (χ1) is 17.8. The number of esters is 2. The summed E-state index contributed by atoms with van der Waals surface area (Å²) in [5.41, 5.74) is 3.36. The maximum Gasteiger partial charge on any atom is 0.337 e. The number of non-ortho nitro benzene ring substituents is 1. The lowest BCUT2D eigenvalue weighted by molar-refractivity contribution is -0.384. The fourth-order valence-corrected chi connectivity index (χ4v) is 5.08. The first kappa shape index (κ1) is 26.1. The predicted octanol–water partition coefficient (Wildman–Crippen LogP) is 4.21. The average Bonchev–Trinajstić information content (AvgIpc) is 2.88. The third-order valence-electron chi connectivity index (χ3n) is 6.81. The zero-order valence-electron chi connectivity index (χ0n) is 21.2. The highest BCUT2D eigenvalue weighted by molar-refractivity contribution is 5.99. The summed E-state index contributed by atoms with van der Waals surface area (Å²) < 4.78 is 11.0. The molecule has 0 bridgehead atoms. The highest BCUT2D eigenvalue weighted by Gasteiger charge is 2.39. The van der Waals surface area contributed by atoms with E-state index in [9.17, 15) is 19.7 Å². The number of carbonyl (C=O) groups excluding carboxylic acids is 2. The molecular formula is C28H31N3O6. The molecule has 9 nitrogen and oxygen atoms in total. The van der Waals surface area contributed by atoms with Gasteiger partial charge in [-0.15, -0.1) is 0 Å². The first-order valence-corrected chi connectivity index (χ1v) is 12.3. The normalized spacial score (nSPS) is 20.3. The number of methoxy groups -OCH3 is 1. The minimum atomic E-state index is -0.786. The summed E-state index contributed by atoms with van der Waals surface area (Å²) in [6, 6.07) is 16.0. The van der Waals surface area contributed by atoms with E-state index >= 15 is 0 Å². The molecule has 1 saturated heterocycles. The van der Waals surface area contributed by atoms with E-state index in [1.54, 1.807) is 26.0 Å². The molecule has 0 aromatic heterocycles. The maximum atomic E-state index is 13.6. The molecule has 1 N–H and O–H groups in total. The van der Waals surface area contributed by atoms with Crippen molar-refractivity contribution in [2.24, 2.45) is 0 Å². The molecule has 2 heterocycles. The Labute approximate surface area is 215 Å². The van der Waals surface area contributed by atoms with Crippen LogP contribution in [0.3, 0.4) is 0 Å². The molecule has 0 radical (unpaired) electrons. The summed E-state index contributed by atoms with van der Waals surface area (Å²) in [7, 11) is 1.28. The molecule has 2 unspecified atom stereocenters. The van der Waals surface area contributed by atoms with E-state index in [-0.39, 0.29) is 17.4 Å². The highest BCUT2D eigenvalue weighted by Crippen LogP contribution is 2.40. The molecule has 2 aromatic rings. The van der Waals surface area contributed by atoms with Gasteiger partial charge in [0.25, 0.3) is 5.69 Å². The molecule has 0 saturated carbocycles. The molecule has 0 aliphatic carbocycles. The zero-order chi connectivity index (χ0) is 26.5. The number of hydrogen-bond donors (Lipinski definition) is 1. The van der Waals surface area contributed by atoms with Gasteiger partial charge in [0.15, 0.2) is 0 Å². The Hall–Kier alpha value is -3.98. The van der Waals surface area contributed by atoms with Crippen LogP contribution in [0.25, 0.3) is 0 Å². The van der Waals surface area contributed by atoms with Gasteiger partial charge in [-0.05, 0) is 44.4 Å². The van der Waals surface area contributed by atoms with Crippen molar-refractivity contribution in [3.63, 3.8) is 0 Å². The van der Waals surface area contributed by atoms with Crippen LogP contribution in [-0.2, 0) is 25.6 Å². The molecule has 37 heavy (non-hydrogen) atoms. The Balaban J connectivity index is 1.59. The van der Waals surface area contributed by atoms with Gasteiger partial charge in [-0.2, -0.15) is 0 Å². The van der Waals surface area contributed by atoms with Crippen LogP contribution in [0, 0.1) is 10.1 Å². The van der Waals surface area contributed by atoms with Gasteiger partial charge in [0.2, 0.25) is 0 Å². The third-order valence-corrected chi connectivity index (χ3v) is 6.81. The van der Waals surface area contributed by atoms with Crippen LogP contribution in [-0.4, -0.2) is 48.1 Å². The highest BCUT2D eigenvalue weighted by atomic mass is 16.6. The summed E-state index contributed by atoms with van der Waals surface area (Å²) in [5, 5.41) is 14.3. The lowest BCUT2D eigenvalue weighted by Crippen LogP contribution is -2.41. The van der Waals surface area contributed by atoms with E-state index in [0.717, 1.165) is 25.9 Å². The van der Waals surface area contributed by atoms with E-state index in [2.05, 4.69) is 22.3 Å². The molecule has 2 aliphatic heterocycles. The molecule has 2 atom stereocenters. The second-order valence-electron chi connectivity index (χ2n) is 9.37. The number of dihydropyridines is 1. The van der Waals surface area contributed by atoms with Crippen LogP contribution in [0.15, 0.2) is 77.1 Å². The van der Waals surface area contributed by atoms with Crippen LogP contribution in [0.2, 0.25) is 0 Å². The number of nitrogens with one attached hydrogen (secondary N) is 1. The standard InChI is InChI=1S/C28H31N3O6/c1-18-24(27(32)36-3)26(21-11-13-22(14-12-21)31(34)35)25(19(2)29-18)28(33)37-23-10-7-15-30(17-23)16-20-8-5-4-6-9-20/h4-6,8-9,11-14,23,26,29H,7,10,15-17H2,1-3H3. The van der Waals surface area contributed by atoms with Gasteiger partial charge >= 0.3 is 11.9 Å². The number of allylic oxidation sites excluding steroid dienone is 2. The topological polar surface area (TPSA) is 111 Å². The van der Waals surface area contributed by atoms with Gasteiger partial charge in [-0.3, -0.25) is 15.0 Å². The summed E-state index contributed by atoms with van der Waals surface area (Å²) in [6.45, 7) is 5.80. The summed E-state index contributed by atoms with van der Waals surface area (Å²) in [5.74, 6) is -1.89. The average molecular weight is 506 g/mol. The summed E-state index contributed by atoms with van der Waals surface area (Å²) in [4.78, 5) is 39.4. The number of hydrogen-bond acceptors (Lipinski definition) is 8. The Morgan fingerprint density at radius 1 is 1.03 bits per heavy atom. The molecular weight excluding hydrogens is 474 g/mol. The largest absolute Gasteiger partial charge is 0.466 e. The molecule has 2 aliphatic rings. The van der Waals surface area contributed by atoms with Gasteiger partial charge in [0.1, 0.15) is 6.10 Å². The number of nitro benzene ring substituents is 1. The lowest BCUT2D eigenvalue weighted by atomic mass is 9.80. The first-order valence-electron chi connectivity index (χ1n) is 12.3. The SMILES string of the molecule is COC(=O)C1=C(C)NC(C)=C(C(=O)OC2CCCN(Cc3ccccc3)C2)C1c1ccc([N+](=O)[O-])cc1. The number of nitrogens with zero attached hydrogens (tertiary/aromatic N) is 2. The Bertz CT molecular complexity index is 1240. The van der Waals surface area contributed by atoms with Gasteiger partial charge in [0, 0.05) is 36.6 Å². The number of likely N-dealkylation sites (tertiary alicyclic amines) is 1. The molecule has 0 amide bonds. The minimum Gasteiger partial charge on any atom is -0.466 e. The Morgan fingerprint density at radius 2 is 1.68 bits per heavy atom. The van der Waals surface area contributed by atoms with Crippen molar-refractivity contribution in [2.75, 3.05) is 20.2 Å². The zero-order valence-corrected chi connectivity index (χ0v) is 21.2. The molecule has 4 rings (SSSR count). The molecule has 9 heteroatoms. The quantitative estimate of drug-likeness (QED) is 0.338. The Morgan fingerprint density at radius 3 is 2.30 bits per heavy atom. The molecule has 2 aromatic carbocycles. The van der Waals surface area contributed by atoms with Crippen LogP contribution in [0.1, 0.15) is 43.7 Å². The fraction of sp³-hybridized carbons (Fsp3) is 0.357. The minimum absolute atomic E-state index is 0.0801. The summed E-state index contributed by atoms with van der Waals surface area (Å²) >= 11 is 0. The number of rotatable bonds is 7. The van der Waals surface area contributed by atoms with Crippen molar-refractivity contribution in [3.05, 3.63) is 98.4 Å². The maximum absolute atomic E-state index is 13.6. The van der Waals surface area contributed by atoms with Crippen molar-refractivity contribution in [2.45, 2.75) is 45.3 Å². The van der Waals surface area contributed by atoms with Crippen molar-refractivity contribution in [1.29, 1.82) is 0 Å². The Kier molecular flexibility index (Phi) is 8.03. The molecule has 0 spiro atoms. The number of benzene rings is 2. The molecule has 1 fully saturated rings. The van der Waals surface area contributed by atoms with E-state index in [1.165, 1.54) is 24.8 Å². The van der Waals surface area contributed by atoms with Crippen LogP contribution in [0.5, 0.6) is 0 Å². The van der Waals surface area contributed by atoms with E-state index in [4.69, 9.17) is 9.47 Å². The predicted molar refractivity (Wildman–Crippen MR) is 137 cm³/mol. The number of carbonyl (C=O) groups is 2. The fourth-order valence-electron chi connectivity index (χ4n) is 5.08. The van der Waals surface area contributed by atoms with Gasteiger partial charge in [-0.25, -0.2) is 9.59 Å². The van der Waals surface area contributed by atoms with Crippen LogP contribution in [0.4, 0.5) is 5.69 Å². The number of ether oxygens (including phenoxy) is 2. The van der Waals surface area contributed by atoms with Gasteiger partial charge in [0.05, 0.1) is 29.1 Å². The second-order valence-corrected chi connectivity index (χ2v) is 9.37. The van der Waals surface area contributed by atoms with E-state index in [1.807, 2.05) is 18.2 Å². The van der Waals surface area contributed by atoms with Crippen molar-refractivity contribution >= 4 is 17.6 Å². The number of nitro groups is 1. The summed E-state index contributed by atoms with van der Waals surface area (Å²) in [6.07, 6.45) is 1.35. The van der Waals surface area contributed by atoms with Crippen LogP contribution >= 0.6 is 0 Å². The smallest absolute Gasteiger partial charge is 0.337 e. The third kappa shape index (κ3) is 5.89.